The van der Waals surface area contributed by atoms with E-state index in [9.17, 15) is 19.1 Å². The molecule has 1 aliphatic rings. The first-order valence-corrected chi connectivity index (χ1v) is 10.1. The van der Waals surface area contributed by atoms with Crippen molar-refractivity contribution in [2.24, 2.45) is 0 Å². The minimum atomic E-state index is -0.838. The Labute approximate surface area is 185 Å². The normalized spacial score (nSPS) is 17.6. The maximum Gasteiger partial charge on any atom is 0.300 e. The van der Waals surface area contributed by atoms with E-state index in [-0.39, 0.29) is 16.9 Å². The van der Waals surface area contributed by atoms with Gasteiger partial charge in [-0.2, -0.15) is 0 Å². The van der Waals surface area contributed by atoms with E-state index in [1.807, 2.05) is 31.2 Å². The molecule has 1 heterocycles. The molecule has 1 fully saturated rings. The summed E-state index contributed by atoms with van der Waals surface area (Å²) in [6.45, 7) is 3.45. The molecule has 0 spiro atoms. The lowest BCUT2D eigenvalue weighted by Gasteiger charge is -2.26. The Kier molecular flexibility index (Phi) is 5.53. The van der Waals surface area contributed by atoms with Gasteiger partial charge in [0.25, 0.3) is 11.7 Å². The Morgan fingerprint density at radius 2 is 1.66 bits per heavy atom. The summed E-state index contributed by atoms with van der Waals surface area (Å²) in [5, 5.41) is 11.1. The number of Topliss-reactive ketones (excluding diaryl/α,β-unsaturated/α-hetero) is 1. The van der Waals surface area contributed by atoms with Crippen molar-refractivity contribution < 1.29 is 23.8 Å². The molecule has 1 unspecified atom stereocenters. The van der Waals surface area contributed by atoms with Gasteiger partial charge in [0.2, 0.25) is 0 Å². The van der Waals surface area contributed by atoms with Gasteiger partial charge in [-0.3, -0.25) is 14.5 Å². The van der Waals surface area contributed by atoms with Crippen molar-refractivity contribution >= 4 is 23.1 Å². The van der Waals surface area contributed by atoms with Crippen LogP contribution in [0.4, 0.5) is 10.1 Å². The predicted octanol–water partition coefficient (Wildman–Crippen LogP) is 5.08. The monoisotopic (exact) mass is 431 g/mol. The van der Waals surface area contributed by atoms with Gasteiger partial charge in [0.15, 0.2) is 0 Å². The van der Waals surface area contributed by atoms with Gasteiger partial charge in [0, 0.05) is 11.3 Å². The summed E-state index contributed by atoms with van der Waals surface area (Å²) in [4.78, 5) is 27.7. The van der Waals surface area contributed by atoms with E-state index in [2.05, 4.69) is 0 Å². The summed E-state index contributed by atoms with van der Waals surface area (Å²) in [5.74, 6) is -1.69. The van der Waals surface area contributed by atoms with Crippen LogP contribution in [-0.4, -0.2) is 23.9 Å². The lowest BCUT2D eigenvalue weighted by molar-refractivity contribution is -0.132. The van der Waals surface area contributed by atoms with Crippen molar-refractivity contribution in [1.82, 2.24) is 0 Å². The zero-order chi connectivity index (χ0) is 23.0. The topological polar surface area (TPSA) is 66.8 Å². The van der Waals surface area contributed by atoms with Gasteiger partial charge in [-0.25, -0.2) is 4.39 Å². The second-order valence-corrected chi connectivity index (χ2v) is 7.69. The molecule has 3 aromatic carbocycles. The number of nitrogens with zero attached hydrogens (tertiary/aromatic N) is 1. The summed E-state index contributed by atoms with van der Waals surface area (Å²) in [6, 6.07) is 17.4. The molecule has 1 amide bonds. The Hall–Kier alpha value is -3.93. The molecule has 0 saturated carbocycles. The number of aliphatic hydroxyl groups excluding tert-OH is 1. The van der Waals surface area contributed by atoms with Gasteiger partial charge in [-0.05, 0) is 73.0 Å². The summed E-state index contributed by atoms with van der Waals surface area (Å²) >= 11 is 0. The number of carbonyl (C=O) groups excluding carboxylic acids is 2. The largest absolute Gasteiger partial charge is 0.507 e. The number of aryl methyl sites for hydroxylation is 2. The molecule has 4 rings (SSSR count). The number of hydrogen-bond donors (Lipinski definition) is 1. The summed E-state index contributed by atoms with van der Waals surface area (Å²) in [5.41, 5.74) is 2.63. The molecule has 1 atom stereocenters. The van der Waals surface area contributed by atoms with E-state index in [0.29, 0.717) is 22.6 Å². The summed E-state index contributed by atoms with van der Waals surface area (Å²) in [7, 11) is 1.54. The first-order chi connectivity index (χ1) is 15.3. The number of halogens is 1. The van der Waals surface area contributed by atoms with Crippen molar-refractivity contribution in [3.63, 3.8) is 0 Å². The van der Waals surface area contributed by atoms with Crippen molar-refractivity contribution in [3.8, 4) is 5.75 Å². The molecule has 1 aliphatic heterocycles. The minimum absolute atomic E-state index is 0.0360. The van der Waals surface area contributed by atoms with Crippen molar-refractivity contribution in [1.29, 1.82) is 0 Å². The van der Waals surface area contributed by atoms with Crippen molar-refractivity contribution in [2.75, 3.05) is 12.0 Å². The van der Waals surface area contributed by atoms with Crippen LogP contribution in [0.15, 0.2) is 72.3 Å². The Morgan fingerprint density at radius 1 is 0.969 bits per heavy atom. The van der Waals surface area contributed by atoms with Crippen LogP contribution in [0.25, 0.3) is 5.76 Å². The van der Waals surface area contributed by atoms with E-state index in [1.165, 1.54) is 23.1 Å². The van der Waals surface area contributed by atoms with E-state index in [1.54, 1.807) is 38.3 Å². The fourth-order valence-corrected chi connectivity index (χ4v) is 3.98. The summed E-state index contributed by atoms with van der Waals surface area (Å²) in [6.07, 6.45) is 0. The average molecular weight is 431 g/mol. The average Bonchev–Trinajstić information content (AvgIpc) is 3.06. The molecule has 0 aromatic heterocycles. The number of anilines is 1. The van der Waals surface area contributed by atoms with Gasteiger partial charge >= 0.3 is 0 Å². The Bertz CT molecular complexity index is 1250. The smallest absolute Gasteiger partial charge is 0.300 e. The van der Waals surface area contributed by atoms with E-state index < -0.39 is 23.5 Å². The highest BCUT2D eigenvalue weighted by Gasteiger charge is 2.47. The fourth-order valence-electron chi connectivity index (χ4n) is 3.98. The molecule has 1 saturated heterocycles. The van der Waals surface area contributed by atoms with Crippen LogP contribution in [-0.2, 0) is 9.59 Å². The van der Waals surface area contributed by atoms with E-state index >= 15 is 0 Å². The third kappa shape index (κ3) is 3.54. The fraction of sp³-hybridized carbons (Fsp3) is 0.154. The lowest BCUT2D eigenvalue weighted by Crippen LogP contribution is -2.29. The van der Waals surface area contributed by atoms with Crippen molar-refractivity contribution in [2.45, 2.75) is 19.9 Å². The minimum Gasteiger partial charge on any atom is -0.507 e. The number of ketones is 1. The predicted molar refractivity (Wildman–Crippen MR) is 120 cm³/mol. The second kappa shape index (κ2) is 8.30. The Morgan fingerprint density at radius 3 is 2.28 bits per heavy atom. The number of benzene rings is 3. The molecule has 1 N–H and O–H groups in total. The van der Waals surface area contributed by atoms with Gasteiger partial charge < -0.3 is 9.84 Å². The van der Waals surface area contributed by atoms with Crippen LogP contribution in [0.3, 0.4) is 0 Å². The third-order valence-corrected chi connectivity index (χ3v) is 5.71. The maximum atomic E-state index is 13.8. The molecule has 6 heteroatoms. The highest BCUT2D eigenvalue weighted by atomic mass is 19.1. The molecule has 32 heavy (non-hydrogen) atoms. The zero-order valence-electron chi connectivity index (χ0n) is 17.9. The number of aliphatic hydroxyl groups is 1. The van der Waals surface area contributed by atoms with Crippen LogP contribution < -0.4 is 9.64 Å². The maximum absolute atomic E-state index is 13.8. The van der Waals surface area contributed by atoms with Crippen LogP contribution in [0.5, 0.6) is 5.75 Å². The number of hydrogen-bond acceptors (Lipinski definition) is 4. The number of rotatable bonds is 4. The van der Waals surface area contributed by atoms with E-state index in [4.69, 9.17) is 4.74 Å². The number of carbonyl (C=O) groups is 2. The Balaban J connectivity index is 1.95. The van der Waals surface area contributed by atoms with Crippen LogP contribution in [0, 0.1) is 19.7 Å². The second-order valence-electron chi connectivity index (χ2n) is 7.69. The molecule has 0 bridgehead atoms. The number of ether oxygens (including phenoxy) is 1. The molecule has 3 aromatic rings. The molecule has 162 valence electrons. The van der Waals surface area contributed by atoms with Crippen LogP contribution in [0.1, 0.15) is 28.3 Å². The van der Waals surface area contributed by atoms with Gasteiger partial charge in [-0.15, -0.1) is 0 Å². The third-order valence-electron chi connectivity index (χ3n) is 5.71. The molecular weight excluding hydrogens is 409 g/mol. The SMILES string of the molecule is COc1ccc(N2C(=O)C(=O)/C(=C(/O)c3ccc(F)c(C)c3)C2c2ccccc2C)cc1. The first-order valence-electron chi connectivity index (χ1n) is 10.1. The van der Waals surface area contributed by atoms with Crippen molar-refractivity contribution in [3.05, 3.63) is 100 Å². The van der Waals surface area contributed by atoms with Crippen LogP contribution in [0.2, 0.25) is 0 Å². The quantitative estimate of drug-likeness (QED) is 0.356. The molecule has 0 radical (unpaired) electrons. The standard InChI is InChI=1S/C26H22FNO4/c1-15-6-4-5-7-20(15)23-22(24(29)17-8-13-21(27)16(2)14-17)25(30)26(31)28(23)18-9-11-19(32-3)12-10-18/h4-14,23,29H,1-3H3/b24-22+. The molecule has 5 nitrogen and oxygen atoms in total. The van der Waals surface area contributed by atoms with E-state index in [0.717, 1.165) is 5.56 Å². The number of amides is 1. The molecular formula is C26H22FNO4. The highest BCUT2D eigenvalue weighted by Crippen LogP contribution is 2.43. The van der Waals surface area contributed by atoms with Gasteiger partial charge in [0.1, 0.15) is 17.3 Å². The molecule has 0 aliphatic carbocycles. The van der Waals surface area contributed by atoms with Crippen LogP contribution >= 0.6 is 0 Å². The van der Waals surface area contributed by atoms with Gasteiger partial charge in [-0.1, -0.05) is 24.3 Å². The first kappa shape index (κ1) is 21.3. The summed E-state index contributed by atoms with van der Waals surface area (Å²) < 4.78 is 19.0. The highest BCUT2D eigenvalue weighted by molar-refractivity contribution is 6.51. The zero-order valence-corrected chi connectivity index (χ0v) is 17.9. The lowest BCUT2D eigenvalue weighted by atomic mass is 9.92. The van der Waals surface area contributed by atoms with Gasteiger partial charge in [0.05, 0.1) is 18.7 Å². The number of methoxy groups -OCH3 is 1.